The normalized spacial score (nSPS) is 13.0. The smallest absolute Gasteiger partial charge is 0.181 e. The van der Waals surface area contributed by atoms with Crippen molar-refractivity contribution in [2.45, 2.75) is 6.29 Å². The van der Waals surface area contributed by atoms with E-state index >= 15 is 0 Å². The number of rotatable bonds is 2. The minimum Gasteiger partial charge on any atom is -0.364 e. The fourth-order valence-corrected chi connectivity index (χ4v) is 0.688. The quantitative estimate of drug-likeness (QED) is 0.619. The predicted molar refractivity (Wildman–Crippen MR) is 37.2 cm³/mol. The van der Waals surface area contributed by atoms with Gasteiger partial charge in [-0.2, -0.15) is 0 Å². The monoisotopic (exact) mass is 137 g/mol. The highest BCUT2D eigenvalue weighted by molar-refractivity contribution is 5.13. The van der Waals surface area contributed by atoms with E-state index in [4.69, 9.17) is 5.11 Å². The molecule has 2 heteroatoms. The van der Waals surface area contributed by atoms with Gasteiger partial charge in [0.05, 0.1) is 0 Å². The Morgan fingerprint density at radius 2 is 2.40 bits per heavy atom. The number of benzene rings is 1. The minimum atomic E-state index is -0.846. The van der Waals surface area contributed by atoms with Gasteiger partial charge in [0, 0.05) is 12.7 Å². The lowest BCUT2D eigenvalue weighted by Crippen LogP contribution is -1.98. The predicted octanol–water partition coefficient (Wildman–Crippen LogP) is 1.12. The highest BCUT2D eigenvalue weighted by Gasteiger charge is 2.02. The Morgan fingerprint density at radius 1 is 1.60 bits per heavy atom. The Balaban J connectivity index is 2.75. The molecule has 0 amide bonds. The molecule has 1 radical (unpaired) electrons. The van der Waals surface area contributed by atoms with Crippen molar-refractivity contribution in [1.29, 1.82) is 0 Å². The first-order chi connectivity index (χ1) is 4.84. The molecule has 0 aliphatic heterocycles. The number of aliphatic hydroxyl groups is 1. The van der Waals surface area contributed by atoms with E-state index in [0.29, 0.717) is 5.56 Å². The molecular formula is C8H9O2. The Labute approximate surface area is 60.1 Å². The molecule has 0 saturated heterocycles. The summed E-state index contributed by atoms with van der Waals surface area (Å²) in [5, 5.41) is 9.08. The van der Waals surface area contributed by atoms with E-state index in [2.05, 4.69) is 10.8 Å². The molecule has 0 spiro atoms. The van der Waals surface area contributed by atoms with E-state index in [1.807, 2.05) is 12.1 Å². The van der Waals surface area contributed by atoms with Crippen LogP contribution in [0.2, 0.25) is 0 Å². The van der Waals surface area contributed by atoms with Crippen LogP contribution in [-0.4, -0.2) is 12.2 Å². The molecule has 1 aromatic rings. The molecule has 0 bridgehead atoms. The summed E-state index contributed by atoms with van der Waals surface area (Å²) in [5.74, 6) is 0. The first-order valence-corrected chi connectivity index (χ1v) is 3.02. The van der Waals surface area contributed by atoms with Crippen molar-refractivity contribution < 1.29 is 9.84 Å². The molecule has 2 nitrogen and oxygen atoms in total. The van der Waals surface area contributed by atoms with Crippen LogP contribution in [0.25, 0.3) is 0 Å². The zero-order chi connectivity index (χ0) is 7.40. The molecule has 0 saturated carbocycles. The van der Waals surface area contributed by atoms with Gasteiger partial charge in [-0.3, -0.25) is 0 Å². The highest BCUT2D eigenvalue weighted by Crippen LogP contribution is 2.10. The first-order valence-electron chi connectivity index (χ1n) is 3.02. The zero-order valence-corrected chi connectivity index (χ0v) is 5.74. The van der Waals surface area contributed by atoms with Gasteiger partial charge in [0.1, 0.15) is 0 Å². The summed E-state index contributed by atoms with van der Waals surface area (Å²) in [6, 6.07) is 10.0. The van der Waals surface area contributed by atoms with E-state index in [0.717, 1.165) is 0 Å². The number of hydrogen-bond acceptors (Lipinski definition) is 2. The van der Waals surface area contributed by atoms with Crippen LogP contribution in [0, 0.1) is 6.07 Å². The maximum Gasteiger partial charge on any atom is 0.181 e. The van der Waals surface area contributed by atoms with Crippen LogP contribution in [0.15, 0.2) is 24.3 Å². The average Bonchev–Trinajstić information content (AvgIpc) is 2.05. The van der Waals surface area contributed by atoms with Crippen molar-refractivity contribution in [3.8, 4) is 0 Å². The molecule has 1 atom stereocenters. The molecular weight excluding hydrogens is 128 g/mol. The molecule has 53 valence electrons. The van der Waals surface area contributed by atoms with Crippen LogP contribution >= 0.6 is 0 Å². The molecule has 1 aromatic carbocycles. The zero-order valence-electron chi connectivity index (χ0n) is 5.74. The van der Waals surface area contributed by atoms with Gasteiger partial charge in [-0.1, -0.05) is 24.3 Å². The van der Waals surface area contributed by atoms with E-state index in [9.17, 15) is 0 Å². The van der Waals surface area contributed by atoms with E-state index in [-0.39, 0.29) is 0 Å². The third kappa shape index (κ3) is 1.56. The third-order valence-corrected chi connectivity index (χ3v) is 1.22. The molecule has 1 unspecified atom stereocenters. The fraction of sp³-hybridized carbons (Fsp3) is 0.250. The summed E-state index contributed by atoms with van der Waals surface area (Å²) in [7, 11) is 1.45. The molecule has 0 aliphatic carbocycles. The molecule has 0 aliphatic rings. The highest BCUT2D eigenvalue weighted by atomic mass is 16.6. The summed E-state index contributed by atoms with van der Waals surface area (Å²) in [6.07, 6.45) is -0.846. The topological polar surface area (TPSA) is 29.5 Å². The van der Waals surface area contributed by atoms with E-state index in [1.165, 1.54) is 7.11 Å². The summed E-state index contributed by atoms with van der Waals surface area (Å²) < 4.78 is 4.66. The van der Waals surface area contributed by atoms with Gasteiger partial charge in [-0.15, -0.1) is 0 Å². The van der Waals surface area contributed by atoms with Gasteiger partial charge in [0.15, 0.2) is 6.29 Å². The second-order valence-corrected chi connectivity index (χ2v) is 1.91. The maximum atomic E-state index is 9.08. The van der Waals surface area contributed by atoms with E-state index < -0.39 is 6.29 Å². The molecule has 0 heterocycles. The summed E-state index contributed by atoms with van der Waals surface area (Å²) >= 11 is 0. The van der Waals surface area contributed by atoms with Gasteiger partial charge >= 0.3 is 0 Å². The van der Waals surface area contributed by atoms with Crippen molar-refractivity contribution in [3.63, 3.8) is 0 Å². The van der Waals surface area contributed by atoms with Crippen LogP contribution in [0.4, 0.5) is 0 Å². The largest absolute Gasteiger partial charge is 0.364 e. The summed E-state index contributed by atoms with van der Waals surface area (Å²) in [6.45, 7) is 0. The Bertz CT molecular complexity index is 184. The van der Waals surface area contributed by atoms with Gasteiger partial charge in [0.25, 0.3) is 0 Å². The average molecular weight is 137 g/mol. The molecule has 1 N–H and O–H groups in total. The fourth-order valence-electron chi connectivity index (χ4n) is 0.688. The Kier molecular flexibility index (Phi) is 2.42. The van der Waals surface area contributed by atoms with Crippen LogP contribution in [0.3, 0.4) is 0 Å². The second kappa shape index (κ2) is 3.34. The van der Waals surface area contributed by atoms with E-state index in [1.54, 1.807) is 12.1 Å². The molecule has 0 aromatic heterocycles. The molecule has 10 heavy (non-hydrogen) atoms. The number of hydrogen-bond donors (Lipinski definition) is 1. The SMILES string of the molecule is COC(O)c1[c]cccc1. The van der Waals surface area contributed by atoms with Gasteiger partial charge in [0.2, 0.25) is 0 Å². The van der Waals surface area contributed by atoms with Crippen LogP contribution < -0.4 is 0 Å². The Morgan fingerprint density at radius 3 is 2.90 bits per heavy atom. The standard InChI is InChI=1S/C8H9O2/c1-10-8(9)7-5-3-2-4-6-7/h2-5,8-9H,1H3. The lowest BCUT2D eigenvalue weighted by atomic mass is 10.2. The van der Waals surface area contributed by atoms with Crippen LogP contribution in [0.1, 0.15) is 11.9 Å². The lowest BCUT2D eigenvalue weighted by Gasteiger charge is -2.06. The third-order valence-electron chi connectivity index (χ3n) is 1.22. The van der Waals surface area contributed by atoms with Crippen molar-refractivity contribution in [2.24, 2.45) is 0 Å². The second-order valence-electron chi connectivity index (χ2n) is 1.91. The van der Waals surface area contributed by atoms with Crippen molar-refractivity contribution in [3.05, 3.63) is 35.9 Å². The van der Waals surface area contributed by atoms with Gasteiger partial charge in [-0.25, -0.2) is 0 Å². The van der Waals surface area contributed by atoms with Gasteiger partial charge < -0.3 is 9.84 Å². The molecule has 0 fully saturated rings. The van der Waals surface area contributed by atoms with Crippen LogP contribution in [0.5, 0.6) is 0 Å². The molecule has 1 rings (SSSR count). The van der Waals surface area contributed by atoms with Crippen molar-refractivity contribution in [1.82, 2.24) is 0 Å². The summed E-state index contributed by atoms with van der Waals surface area (Å²) in [5.41, 5.74) is 0.657. The first kappa shape index (κ1) is 7.25. The minimum absolute atomic E-state index is 0.657. The van der Waals surface area contributed by atoms with Crippen molar-refractivity contribution >= 4 is 0 Å². The number of methoxy groups -OCH3 is 1. The Hall–Kier alpha value is -0.860. The van der Waals surface area contributed by atoms with Gasteiger partial charge in [-0.05, 0) is 6.07 Å². The maximum absolute atomic E-state index is 9.08. The summed E-state index contributed by atoms with van der Waals surface area (Å²) in [4.78, 5) is 0. The van der Waals surface area contributed by atoms with Crippen LogP contribution in [-0.2, 0) is 4.74 Å². The number of aliphatic hydroxyl groups excluding tert-OH is 1. The lowest BCUT2D eigenvalue weighted by molar-refractivity contribution is -0.0771. The van der Waals surface area contributed by atoms with Crippen molar-refractivity contribution in [2.75, 3.05) is 7.11 Å². The number of ether oxygens (including phenoxy) is 1.